The molecule has 1 atom stereocenters. The Labute approximate surface area is 87.3 Å². The summed E-state index contributed by atoms with van der Waals surface area (Å²) < 4.78 is 2.17. The summed E-state index contributed by atoms with van der Waals surface area (Å²) in [6.45, 7) is 5.48. The minimum absolute atomic E-state index is 0.676. The Morgan fingerprint density at radius 3 is 2.71 bits per heavy atom. The molecule has 0 aromatic carbocycles. The molecule has 0 aliphatic heterocycles. The highest BCUT2D eigenvalue weighted by Crippen LogP contribution is 2.04. The normalized spacial score (nSPS) is 13.1. The van der Waals surface area contributed by atoms with Crippen molar-refractivity contribution >= 4 is 0 Å². The van der Waals surface area contributed by atoms with Crippen LogP contribution < -0.4 is 5.32 Å². The lowest BCUT2D eigenvalue weighted by molar-refractivity contribution is 0.456. The summed E-state index contributed by atoms with van der Waals surface area (Å²) in [5.41, 5.74) is 1.36. The Hall–Kier alpha value is -0.760. The Balaban J connectivity index is 2.35. The van der Waals surface area contributed by atoms with Crippen LogP contribution in [0.3, 0.4) is 0 Å². The molecule has 1 N–H and O–H groups in total. The first-order valence-corrected chi connectivity index (χ1v) is 5.61. The Morgan fingerprint density at radius 2 is 2.21 bits per heavy atom. The van der Waals surface area contributed by atoms with Crippen LogP contribution in [0.2, 0.25) is 0 Å². The van der Waals surface area contributed by atoms with Gasteiger partial charge in [-0.2, -0.15) is 0 Å². The lowest BCUT2D eigenvalue weighted by atomic mass is 10.1. The van der Waals surface area contributed by atoms with Gasteiger partial charge in [0, 0.05) is 31.5 Å². The van der Waals surface area contributed by atoms with Crippen molar-refractivity contribution in [3.63, 3.8) is 0 Å². The van der Waals surface area contributed by atoms with Gasteiger partial charge in [0.2, 0.25) is 0 Å². The number of aryl methyl sites for hydroxylation is 1. The molecule has 0 spiro atoms. The zero-order chi connectivity index (χ0) is 10.4. The first-order chi connectivity index (χ1) is 6.77. The van der Waals surface area contributed by atoms with Crippen LogP contribution in [0, 0.1) is 0 Å². The summed E-state index contributed by atoms with van der Waals surface area (Å²) in [5, 5.41) is 3.59. The highest BCUT2D eigenvalue weighted by atomic mass is 15.0. The fourth-order valence-electron chi connectivity index (χ4n) is 1.73. The second-order valence-electron chi connectivity index (χ2n) is 3.89. The zero-order valence-corrected chi connectivity index (χ0v) is 9.59. The van der Waals surface area contributed by atoms with E-state index in [1.54, 1.807) is 0 Å². The zero-order valence-electron chi connectivity index (χ0n) is 9.59. The lowest BCUT2D eigenvalue weighted by Gasteiger charge is -2.16. The monoisotopic (exact) mass is 194 g/mol. The highest BCUT2D eigenvalue weighted by Gasteiger charge is 2.04. The van der Waals surface area contributed by atoms with Gasteiger partial charge in [-0.3, -0.25) is 0 Å². The van der Waals surface area contributed by atoms with Crippen molar-refractivity contribution < 1.29 is 0 Å². The molecule has 80 valence electrons. The molecule has 2 heteroatoms. The van der Waals surface area contributed by atoms with Gasteiger partial charge in [0.25, 0.3) is 0 Å². The topological polar surface area (TPSA) is 17.0 Å². The fourth-order valence-corrected chi connectivity index (χ4v) is 1.73. The standard InChI is InChI=1S/C12H22N2/c1-4-7-11(5-2)13-10-12-8-6-9-14(12)3/h6,8-9,11,13H,4-5,7,10H2,1-3H3. The molecule has 1 unspecified atom stereocenters. The van der Waals surface area contributed by atoms with Gasteiger partial charge in [0.15, 0.2) is 0 Å². The van der Waals surface area contributed by atoms with Crippen molar-refractivity contribution in [1.29, 1.82) is 0 Å². The van der Waals surface area contributed by atoms with Crippen molar-refractivity contribution in [2.24, 2.45) is 7.05 Å². The van der Waals surface area contributed by atoms with Crippen LogP contribution >= 0.6 is 0 Å². The van der Waals surface area contributed by atoms with Gasteiger partial charge in [-0.25, -0.2) is 0 Å². The van der Waals surface area contributed by atoms with Crippen LogP contribution in [0.25, 0.3) is 0 Å². The lowest BCUT2D eigenvalue weighted by Crippen LogP contribution is -2.28. The first-order valence-electron chi connectivity index (χ1n) is 5.61. The van der Waals surface area contributed by atoms with Crippen molar-refractivity contribution in [1.82, 2.24) is 9.88 Å². The fraction of sp³-hybridized carbons (Fsp3) is 0.667. The van der Waals surface area contributed by atoms with Crippen LogP contribution in [0.5, 0.6) is 0 Å². The Morgan fingerprint density at radius 1 is 1.43 bits per heavy atom. The van der Waals surface area contributed by atoms with E-state index in [0.29, 0.717) is 6.04 Å². The summed E-state index contributed by atoms with van der Waals surface area (Å²) >= 11 is 0. The molecule has 14 heavy (non-hydrogen) atoms. The van der Waals surface area contributed by atoms with Gasteiger partial charge < -0.3 is 9.88 Å². The van der Waals surface area contributed by atoms with Gasteiger partial charge in [0.1, 0.15) is 0 Å². The van der Waals surface area contributed by atoms with Gasteiger partial charge in [-0.1, -0.05) is 20.3 Å². The minimum atomic E-state index is 0.676. The molecule has 0 aliphatic rings. The quantitative estimate of drug-likeness (QED) is 0.736. The van der Waals surface area contributed by atoms with Crippen molar-refractivity contribution in [3.8, 4) is 0 Å². The molecule has 1 rings (SSSR count). The first kappa shape index (κ1) is 11.3. The van der Waals surface area contributed by atoms with E-state index in [1.165, 1.54) is 25.0 Å². The van der Waals surface area contributed by atoms with Crippen LogP contribution in [-0.2, 0) is 13.6 Å². The van der Waals surface area contributed by atoms with Gasteiger partial charge in [-0.15, -0.1) is 0 Å². The van der Waals surface area contributed by atoms with E-state index in [4.69, 9.17) is 0 Å². The van der Waals surface area contributed by atoms with Gasteiger partial charge in [-0.05, 0) is 25.0 Å². The number of rotatable bonds is 6. The van der Waals surface area contributed by atoms with Crippen LogP contribution in [-0.4, -0.2) is 10.6 Å². The average Bonchev–Trinajstić information content (AvgIpc) is 2.59. The SMILES string of the molecule is CCCC(CC)NCc1cccn1C. The van der Waals surface area contributed by atoms with E-state index in [0.717, 1.165) is 6.54 Å². The largest absolute Gasteiger partial charge is 0.353 e. The van der Waals surface area contributed by atoms with E-state index < -0.39 is 0 Å². The van der Waals surface area contributed by atoms with Crippen LogP contribution in [0.1, 0.15) is 38.8 Å². The van der Waals surface area contributed by atoms with Crippen LogP contribution in [0.4, 0.5) is 0 Å². The predicted octanol–water partition coefficient (Wildman–Crippen LogP) is 2.69. The summed E-state index contributed by atoms with van der Waals surface area (Å²) in [4.78, 5) is 0. The Kier molecular flexibility index (Phi) is 4.74. The summed E-state index contributed by atoms with van der Waals surface area (Å²) in [6, 6.07) is 4.94. The maximum absolute atomic E-state index is 3.59. The highest BCUT2D eigenvalue weighted by molar-refractivity contribution is 5.06. The maximum atomic E-state index is 3.59. The molecular formula is C12H22N2. The number of hydrogen-bond acceptors (Lipinski definition) is 1. The molecule has 0 radical (unpaired) electrons. The molecule has 0 saturated carbocycles. The molecule has 1 heterocycles. The molecule has 0 aliphatic carbocycles. The van der Waals surface area contributed by atoms with E-state index in [2.05, 4.69) is 49.1 Å². The van der Waals surface area contributed by atoms with Crippen molar-refractivity contribution in [3.05, 3.63) is 24.0 Å². The number of nitrogens with zero attached hydrogens (tertiary/aromatic N) is 1. The molecule has 1 aromatic rings. The second-order valence-corrected chi connectivity index (χ2v) is 3.89. The third-order valence-corrected chi connectivity index (χ3v) is 2.75. The molecule has 0 bridgehead atoms. The maximum Gasteiger partial charge on any atom is 0.0361 e. The smallest absolute Gasteiger partial charge is 0.0361 e. The van der Waals surface area contributed by atoms with E-state index in [9.17, 15) is 0 Å². The average molecular weight is 194 g/mol. The van der Waals surface area contributed by atoms with Crippen molar-refractivity contribution in [2.75, 3.05) is 0 Å². The van der Waals surface area contributed by atoms with Crippen LogP contribution in [0.15, 0.2) is 18.3 Å². The second kappa shape index (κ2) is 5.86. The molecular weight excluding hydrogens is 172 g/mol. The molecule has 0 fully saturated rings. The summed E-state index contributed by atoms with van der Waals surface area (Å²) in [5.74, 6) is 0. The summed E-state index contributed by atoms with van der Waals surface area (Å²) in [6.07, 6.45) is 5.86. The van der Waals surface area contributed by atoms with Gasteiger partial charge in [0.05, 0.1) is 0 Å². The number of nitrogens with one attached hydrogen (secondary N) is 1. The predicted molar refractivity (Wildman–Crippen MR) is 61.2 cm³/mol. The molecule has 0 amide bonds. The van der Waals surface area contributed by atoms with E-state index in [1.807, 2.05) is 0 Å². The Bertz CT molecular complexity index is 253. The third kappa shape index (κ3) is 3.18. The number of hydrogen-bond donors (Lipinski definition) is 1. The number of aromatic nitrogens is 1. The van der Waals surface area contributed by atoms with E-state index in [-0.39, 0.29) is 0 Å². The minimum Gasteiger partial charge on any atom is -0.353 e. The molecule has 1 aromatic heterocycles. The van der Waals surface area contributed by atoms with Crippen molar-refractivity contribution in [2.45, 2.75) is 45.7 Å². The molecule has 2 nitrogen and oxygen atoms in total. The van der Waals surface area contributed by atoms with Gasteiger partial charge >= 0.3 is 0 Å². The van der Waals surface area contributed by atoms with E-state index >= 15 is 0 Å². The third-order valence-electron chi connectivity index (χ3n) is 2.75. The molecule has 0 saturated heterocycles. The summed E-state index contributed by atoms with van der Waals surface area (Å²) in [7, 11) is 2.10.